The van der Waals surface area contributed by atoms with Crippen LogP contribution in [0.15, 0.2) is 36.4 Å². The molecule has 152 valence electrons. The molecule has 0 aliphatic carbocycles. The van der Waals surface area contributed by atoms with Crippen molar-refractivity contribution in [2.24, 2.45) is 0 Å². The summed E-state index contributed by atoms with van der Waals surface area (Å²) in [6, 6.07) is 10.3. The Balaban J connectivity index is 2.26. The van der Waals surface area contributed by atoms with Gasteiger partial charge in [-0.3, -0.25) is 9.10 Å². The lowest BCUT2D eigenvalue weighted by Gasteiger charge is -2.25. The zero-order chi connectivity index (χ0) is 21.1. The summed E-state index contributed by atoms with van der Waals surface area (Å²) in [5.41, 5.74) is 3.44. The molecular formula is C20H24Cl2N2O3S. The quantitative estimate of drug-likeness (QED) is 0.678. The molecule has 0 heterocycles. The Morgan fingerprint density at radius 2 is 1.82 bits per heavy atom. The molecule has 0 saturated carbocycles. The van der Waals surface area contributed by atoms with E-state index in [-0.39, 0.29) is 23.3 Å². The highest BCUT2D eigenvalue weighted by atomic mass is 35.5. The molecule has 0 aliphatic heterocycles. The zero-order valence-electron chi connectivity index (χ0n) is 16.3. The molecule has 2 rings (SSSR count). The highest BCUT2D eigenvalue weighted by molar-refractivity contribution is 7.92. The van der Waals surface area contributed by atoms with Crippen molar-refractivity contribution in [2.45, 2.75) is 33.2 Å². The Morgan fingerprint density at radius 3 is 2.36 bits per heavy atom. The second kappa shape index (κ2) is 9.16. The van der Waals surface area contributed by atoms with Crippen LogP contribution in [0.2, 0.25) is 10.0 Å². The Hall–Kier alpha value is -1.76. The number of anilines is 1. The molecule has 28 heavy (non-hydrogen) atoms. The minimum Gasteiger partial charge on any atom is -0.348 e. The van der Waals surface area contributed by atoms with Crippen molar-refractivity contribution < 1.29 is 13.2 Å². The number of carbonyl (C=O) groups is 1. The lowest BCUT2D eigenvalue weighted by molar-refractivity contribution is -0.120. The van der Waals surface area contributed by atoms with Crippen molar-refractivity contribution in [1.82, 2.24) is 5.32 Å². The fraction of sp³-hybridized carbons (Fsp3) is 0.350. The predicted molar refractivity (Wildman–Crippen MR) is 116 cm³/mol. The summed E-state index contributed by atoms with van der Waals surface area (Å²) in [5.74, 6) is -0.414. The van der Waals surface area contributed by atoms with Gasteiger partial charge in [0.25, 0.3) is 0 Å². The largest absolute Gasteiger partial charge is 0.348 e. The van der Waals surface area contributed by atoms with E-state index in [0.717, 1.165) is 27.3 Å². The minimum absolute atomic E-state index is 0.159. The fourth-order valence-electron chi connectivity index (χ4n) is 3.05. The molecule has 0 bridgehead atoms. The molecule has 5 nitrogen and oxygen atoms in total. The van der Waals surface area contributed by atoms with Gasteiger partial charge in [0, 0.05) is 5.02 Å². The van der Waals surface area contributed by atoms with Gasteiger partial charge in [-0.25, -0.2) is 8.42 Å². The van der Waals surface area contributed by atoms with E-state index in [4.69, 9.17) is 23.2 Å². The van der Waals surface area contributed by atoms with Crippen LogP contribution >= 0.6 is 23.2 Å². The Labute approximate surface area is 176 Å². The van der Waals surface area contributed by atoms with E-state index >= 15 is 0 Å². The number of nitrogens with zero attached hydrogens (tertiary/aromatic N) is 1. The number of aryl methyl sites for hydroxylation is 2. The van der Waals surface area contributed by atoms with Crippen molar-refractivity contribution in [1.29, 1.82) is 0 Å². The maximum atomic E-state index is 12.7. The lowest BCUT2D eigenvalue weighted by Crippen LogP contribution is -2.41. The summed E-state index contributed by atoms with van der Waals surface area (Å²) in [6.45, 7) is 5.60. The van der Waals surface area contributed by atoms with Gasteiger partial charge in [0.15, 0.2) is 0 Å². The number of rotatable bonds is 7. The summed E-state index contributed by atoms with van der Waals surface area (Å²) >= 11 is 12.0. The van der Waals surface area contributed by atoms with Crippen LogP contribution in [0.5, 0.6) is 0 Å². The first-order valence-electron chi connectivity index (χ1n) is 8.82. The Morgan fingerprint density at radius 1 is 1.14 bits per heavy atom. The van der Waals surface area contributed by atoms with E-state index in [0.29, 0.717) is 11.4 Å². The summed E-state index contributed by atoms with van der Waals surface area (Å²) in [5, 5.41) is 3.47. The molecule has 0 aromatic heterocycles. The maximum Gasteiger partial charge on any atom is 0.241 e. The van der Waals surface area contributed by atoms with Crippen molar-refractivity contribution in [3.05, 3.63) is 63.1 Å². The highest BCUT2D eigenvalue weighted by Gasteiger charge is 2.24. The average molecular weight is 443 g/mol. The SMILES string of the molecule is CC[C@H](NC(=O)CN(c1ccc(Cl)cc1Cl)S(C)(=O)=O)c1ccc(C)cc1C. The van der Waals surface area contributed by atoms with E-state index in [1.807, 2.05) is 32.9 Å². The predicted octanol–water partition coefficient (Wildman–Crippen LogP) is 4.64. The lowest BCUT2D eigenvalue weighted by atomic mass is 9.97. The van der Waals surface area contributed by atoms with E-state index in [1.165, 1.54) is 18.2 Å². The van der Waals surface area contributed by atoms with Gasteiger partial charge in [-0.15, -0.1) is 0 Å². The van der Waals surface area contributed by atoms with E-state index < -0.39 is 15.9 Å². The first kappa shape index (κ1) is 22.5. The van der Waals surface area contributed by atoms with Crippen molar-refractivity contribution in [2.75, 3.05) is 17.1 Å². The van der Waals surface area contributed by atoms with Crippen LogP contribution in [0.25, 0.3) is 0 Å². The molecule has 0 saturated heterocycles. The maximum absolute atomic E-state index is 12.7. The van der Waals surface area contributed by atoms with Crippen LogP contribution in [0, 0.1) is 13.8 Å². The normalized spacial score (nSPS) is 12.5. The number of benzene rings is 2. The number of amides is 1. The van der Waals surface area contributed by atoms with Gasteiger partial charge < -0.3 is 5.32 Å². The smallest absolute Gasteiger partial charge is 0.241 e. The van der Waals surface area contributed by atoms with Gasteiger partial charge in [-0.2, -0.15) is 0 Å². The molecule has 0 aliphatic rings. The molecule has 2 aromatic carbocycles. The number of sulfonamides is 1. The van der Waals surface area contributed by atoms with Gasteiger partial charge >= 0.3 is 0 Å². The average Bonchev–Trinajstić information content (AvgIpc) is 2.58. The van der Waals surface area contributed by atoms with Crippen LogP contribution in [0.1, 0.15) is 36.1 Å². The molecule has 0 unspecified atom stereocenters. The molecule has 2 aromatic rings. The number of hydrogen-bond donors (Lipinski definition) is 1. The van der Waals surface area contributed by atoms with Crippen molar-refractivity contribution >= 4 is 44.8 Å². The van der Waals surface area contributed by atoms with Gasteiger partial charge in [0.2, 0.25) is 15.9 Å². The van der Waals surface area contributed by atoms with E-state index in [1.54, 1.807) is 0 Å². The molecule has 0 fully saturated rings. The topological polar surface area (TPSA) is 66.5 Å². The fourth-order valence-corrected chi connectivity index (χ4v) is 4.48. The minimum atomic E-state index is -3.72. The number of halogens is 2. The van der Waals surface area contributed by atoms with Crippen LogP contribution in [-0.2, 0) is 14.8 Å². The van der Waals surface area contributed by atoms with Gasteiger partial charge in [-0.1, -0.05) is 53.9 Å². The first-order valence-corrected chi connectivity index (χ1v) is 11.4. The zero-order valence-corrected chi connectivity index (χ0v) is 18.6. The first-order chi connectivity index (χ1) is 13.0. The molecular weight excluding hydrogens is 419 g/mol. The molecule has 0 radical (unpaired) electrons. The summed E-state index contributed by atoms with van der Waals surface area (Å²) < 4.78 is 25.5. The van der Waals surface area contributed by atoms with Crippen molar-refractivity contribution in [3.63, 3.8) is 0 Å². The van der Waals surface area contributed by atoms with Gasteiger partial charge in [0.1, 0.15) is 6.54 Å². The molecule has 0 spiro atoms. The standard InChI is InChI=1S/C20H24Cl2N2O3S/c1-5-18(16-8-6-13(2)10-14(16)3)23-20(25)12-24(28(4,26)27)19-9-7-15(21)11-17(19)22/h6-11,18H,5,12H2,1-4H3,(H,23,25)/t18-/m0/s1. The third-order valence-electron chi connectivity index (χ3n) is 4.41. The monoisotopic (exact) mass is 442 g/mol. The van der Waals surface area contributed by atoms with E-state index in [9.17, 15) is 13.2 Å². The molecule has 1 amide bonds. The van der Waals surface area contributed by atoms with Crippen molar-refractivity contribution in [3.8, 4) is 0 Å². The summed E-state index contributed by atoms with van der Waals surface area (Å²) in [4.78, 5) is 12.7. The summed E-state index contributed by atoms with van der Waals surface area (Å²) in [7, 11) is -3.72. The Kier molecular flexibility index (Phi) is 7.37. The third-order valence-corrected chi connectivity index (χ3v) is 6.07. The molecule has 8 heteroatoms. The van der Waals surface area contributed by atoms with Crippen LogP contribution in [-0.4, -0.2) is 27.1 Å². The molecule has 1 N–H and O–H groups in total. The second-order valence-corrected chi connectivity index (χ2v) is 9.50. The number of carbonyl (C=O) groups excluding carboxylic acids is 1. The molecule has 1 atom stereocenters. The second-order valence-electron chi connectivity index (χ2n) is 6.75. The number of nitrogens with one attached hydrogen (secondary N) is 1. The number of hydrogen-bond acceptors (Lipinski definition) is 3. The van der Waals surface area contributed by atoms with Crippen LogP contribution in [0.4, 0.5) is 5.69 Å². The Bertz CT molecular complexity index is 977. The third kappa shape index (κ3) is 5.63. The summed E-state index contributed by atoms with van der Waals surface area (Å²) in [6.07, 6.45) is 1.71. The van der Waals surface area contributed by atoms with E-state index in [2.05, 4.69) is 11.4 Å². The van der Waals surface area contributed by atoms with Gasteiger partial charge in [-0.05, 0) is 49.6 Å². The van der Waals surface area contributed by atoms with Gasteiger partial charge in [0.05, 0.1) is 23.0 Å². The van der Waals surface area contributed by atoms with Crippen LogP contribution < -0.4 is 9.62 Å². The van der Waals surface area contributed by atoms with Crippen LogP contribution in [0.3, 0.4) is 0 Å². The highest BCUT2D eigenvalue weighted by Crippen LogP contribution is 2.30.